The largest absolute Gasteiger partial charge is 0.494 e. The van der Waals surface area contributed by atoms with E-state index in [1.165, 1.54) is 30.6 Å². The molecule has 2 aromatic rings. The van der Waals surface area contributed by atoms with Gasteiger partial charge >= 0.3 is 0 Å². The number of carbonyl (C=O) groups is 2. The molecule has 0 spiro atoms. The van der Waals surface area contributed by atoms with Crippen molar-refractivity contribution in [3.05, 3.63) is 17.9 Å². The number of fused-ring (bicyclic) bond motifs is 1. The Morgan fingerprint density at radius 1 is 1.57 bits per heavy atom. The highest BCUT2D eigenvalue weighted by atomic mass is 32.1. The van der Waals surface area contributed by atoms with E-state index in [-0.39, 0.29) is 24.2 Å². The smallest absolute Gasteiger partial charge is 0.231 e. The number of benzene rings is 1. The summed E-state index contributed by atoms with van der Waals surface area (Å²) in [7, 11) is 1.44. The molecule has 0 aliphatic carbocycles. The molecule has 1 atom stereocenters. The molecule has 1 saturated heterocycles. The Labute approximate surface area is 136 Å². The highest BCUT2D eigenvalue weighted by molar-refractivity contribution is 7.22. The van der Waals surface area contributed by atoms with Gasteiger partial charge in [0.05, 0.1) is 17.7 Å². The van der Waals surface area contributed by atoms with Gasteiger partial charge in [-0.15, -0.1) is 0 Å². The SMILES string of the molecule is CCN1CC(C(=O)Nc2nc3c(OC)cc(F)cc3s2)CC1=O. The summed E-state index contributed by atoms with van der Waals surface area (Å²) in [6.07, 6.45) is 0.211. The number of nitrogens with zero attached hydrogens (tertiary/aromatic N) is 2. The van der Waals surface area contributed by atoms with E-state index in [0.717, 1.165) is 0 Å². The van der Waals surface area contributed by atoms with Crippen molar-refractivity contribution in [3.8, 4) is 5.75 Å². The molecule has 1 N–H and O–H groups in total. The zero-order valence-corrected chi connectivity index (χ0v) is 13.6. The first kappa shape index (κ1) is 15.7. The van der Waals surface area contributed by atoms with Crippen molar-refractivity contribution in [2.75, 3.05) is 25.5 Å². The predicted molar refractivity (Wildman–Crippen MR) is 85.1 cm³/mol. The molecule has 23 heavy (non-hydrogen) atoms. The summed E-state index contributed by atoms with van der Waals surface area (Å²) in [5.41, 5.74) is 0.506. The number of methoxy groups -OCH3 is 1. The van der Waals surface area contributed by atoms with Gasteiger partial charge in [0.25, 0.3) is 0 Å². The van der Waals surface area contributed by atoms with Crippen LogP contribution in [0.5, 0.6) is 5.75 Å². The van der Waals surface area contributed by atoms with Gasteiger partial charge < -0.3 is 15.0 Å². The van der Waals surface area contributed by atoms with Crippen molar-refractivity contribution in [2.45, 2.75) is 13.3 Å². The maximum absolute atomic E-state index is 13.5. The minimum absolute atomic E-state index is 0.0132. The Kier molecular flexibility index (Phi) is 4.16. The van der Waals surface area contributed by atoms with E-state index in [2.05, 4.69) is 10.3 Å². The summed E-state index contributed by atoms with van der Waals surface area (Å²) >= 11 is 1.17. The number of carbonyl (C=O) groups excluding carboxylic acids is 2. The number of nitrogens with one attached hydrogen (secondary N) is 1. The second-order valence-electron chi connectivity index (χ2n) is 5.30. The Morgan fingerprint density at radius 3 is 3.00 bits per heavy atom. The van der Waals surface area contributed by atoms with E-state index < -0.39 is 5.82 Å². The Morgan fingerprint density at radius 2 is 2.35 bits per heavy atom. The molecule has 3 rings (SSSR count). The van der Waals surface area contributed by atoms with Crippen LogP contribution in [0.3, 0.4) is 0 Å². The van der Waals surface area contributed by atoms with Gasteiger partial charge in [0, 0.05) is 25.6 Å². The topological polar surface area (TPSA) is 71.5 Å². The number of hydrogen-bond donors (Lipinski definition) is 1. The predicted octanol–water partition coefficient (Wildman–Crippen LogP) is 2.25. The van der Waals surface area contributed by atoms with Crippen LogP contribution in [0.15, 0.2) is 12.1 Å². The first-order chi connectivity index (χ1) is 11.0. The lowest BCUT2D eigenvalue weighted by atomic mass is 10.1. The molecule has 1 fully saturated rings. The highest BCUT2D eigenvalue weighted by Crippen LogP contribution is 2.33. The van der Waals surface area contributed by atoms with Crippen LogP contribution >= 0.6 is 11.3 Å². The molecule has 122 valence electrons. The number of ether oxygens (including phenoxy) is 1. The third-order valence-electron chi connectivity index (χ3n) is 3.84. The van der Waals surface area contributed by atoms with Gasteiger partial charge in [-0.1, -0.05) is 11.3 Å². The van der Waals surface area contributed by atoms with Gasteiger partial charge in [-0.2, -0.15) is 0 Å². The molecular weight excluding hydrogens is 321 g/mol. The van der Waals surface area contributed by atoms with Crippen molar-refractivity contribution >= 4 is 38.5 Å². The normalized spacial score (nSPS) is 17.8. The molecule has 1 aromatic carbocycles. The van der Waals surface area contributed by atoms with E-state index in [9.17, 15) is 14.0 Å². The molecule has 6 nitrogen and oxygen atoms in total. The molecule has 1 aliphatic heterocycles. The van der Waals surface area contributed by atoms with Crippen molar-refractivity contribution in [3.63, 3.8) is 0 Å². The summed E-state index contributed by atoms with van der Waals surface area (Å²) < 4.78 is 19.2. The van der Waals surface area contributed by atoms with Gasteiger partial charge in [-0.25, -0.2) is 9.37 Å². The summed E-state index contributed by atoms with van der Waals surface area (Å²) in [4.78, 5) is 29.9. The van der Waals surface area contributed by atoms with Gasteiger partial charge in [-0.05, 0) is 13.0 Å². The Hall–Kier alpha value is -2.22. The van der Waals surface area contributed by atoms with E-state index in [1.54, 1.807) is 4.90 Å². The molecule has 0 saturated carbocycles. The van der Waals surface area contributed by atoms with Crippen molar-refractivity contribution in [2.24, 2.45) is 5.92 Å². The zero-order valence-electron chi connectivity index (χ0n) is 12.8. The number of hydrogen-bond acceptors (Lipinski definition) is 5. The van der Waals surface area contributed by atoms with Crippen molar-refractivity contribution in [1.82, 2.24) is 9.88 Å². The number of likely N-dealkylation sites (tertiary alicyclic amines) is 1. The Balaban J connectivity index is 1.79. The second-order valence-corrected chi connectivity index (χ2v) is 6.33. The maximum Gasteiger partial charge on any atom is 0.231 e. The fourth-order valence-corrected chi connectivity index (χ4v) is 3.55. The standard InChI is InChI=1S/C15H16FN3O3S/c1-3-19-7-8(4-12(19)20)14(21)18-15-17-13-10(22-2)5-9(16)6-11(13)23-15/h5-6,8H,3-4,7H2,1-2H3,(H,17,18,21). The molecule has 2 amide bonds. The Bertz CT molecular complexity index is 777. The molecule has 1 unspecified atom stereocenters. The van der Waals surface area contributed by atoms with Crippen molar-refractivity contribution < 1.29 is 18.7 Å². The summed E-state index contributed by atoms with van der Waals surface area (Å²) in [6.45, 7) is 2.90. The van der Waals surface area contributed by atoms with Gasteiger partial charge in [0.15, 0.2) is 5.13 Å². The van der Waals surface area contributed by atoms with Gasteiger partial charge in [-0.3, -0.25) is 9.59 Å². The summed E-state index contributed by atoms with van der Waals surface area (Å²) in [5, 5.41) is 3.09. The van der Waals surface area contributed by atoms with Gasteiger partial charge in [0.1, 0.15) is 17.1 Å². The molecule has 8 heteroatoms. The van der Waals surface area contributed by atoms with E-state index in [1.807, 2.05) is 6.92 Å². The van der Waals surface area contributed by atoms with E-state index in [0.29, 0.717) is 34.2 Å². The van der Waals surface area contributed by atoms with Crippen LogP contribution in [-0.2, 0) is 9.59 Å². The third kappa shape index (κ3) is 2.98. The summed E-state index contributed by atoms with van der Waals surface area (Å²) in [5.74, 6) is -0.734. The van der Waals surface area contributed by atoms with E-state index >= 15 is 0 Å². The molecule has 1 aromatic heterocycles. The minimum atomic E-state index is -0.421. The lowest BCUT2D eigenvalue weighted by Gasteiger charge is -2.12. The van der Waals surface area contributed by atoms with Crippen LogP contribution in [0, 0.1) is 11.7 Å². The number of rotatable bonds is 4. The minimum Gasteiger partial charge on any atom is -0.494 e. The van der Waals surface area contributed by atoms with E-state index in [4.69, 9.17) is 4.74 Å². The quantitative estimate of drug-likeness (QED) is 0.929. The number of aromatic nitrogens is 1. The second kappa shape index (κ2) is 6.11. The zero-order chi connectivity index (χ0) is 16.6. The van der Waals surface area contributed by atoms with Crippen LogP contribution in [-0.4, -0.2) is 41.9 Å². The molecule has 0 bridgehead atoms. The molecular formula is C15H16FN3O3S. The number of amides is 2. The van der Waals surface area contributed by atoms with Crippen LogP contribution in [0.2, 0.25) is 0 Å². The van der Waals surface area contributed by atoms with Crippen molar-refractivity contribution in [1.29, 1.82) is 0 Å². The number of thiazole rings is 1. The fourth-order valence-electron chi connectivity index (χ4n) is 2.64. The number of anilines is 1. The molecule has 2 heterocycles. The third-order valence-corrected chi connectivity index (χ3v) is 4.76. The highest BCUT2D eigenvalue weighted by Gasteiger charge is 2.33. The van der Waals surface area contributed by atoms with Gasteiger partial charge in [0.2, 0.25) is 11.8 Å². The van der Waals surface area contributed by atoms with Crippen LogP contribution < -0.4 is 10.1 Å². The van der Waals surface area contributed by atoms with Crippen LogP contribution in [0.25, 0.3) is 10.2 Å². The lowest BCUT2D eigenvalue weighted by molar-refractivity contribution is -0.128. The summed E-state index contributed by atoms with van der Waals surface area (Å²) in [6, 6.07) is 2.60. The number of halogens is 1. The monoisotopic (exact) mass is 337 g/mol. The first-order valence-electron chi connectivity index (χ1n) is 7.24. The average molecular weight is 337 g/mol. The van der Waals surface area contributed by atoms with Crippen LogP contribution in [0.1, 0.15) is 13.3 Å². The molecule has 0 radical (unpaired) electrons. The first-order valence-corrected chi connectivity index (χ1v) is 8.06. The fraction of sp³-hybridized carbons (Fsp3) is 0.400. The molecule has 1 aliphatic rings. The lowest BCUT2D eigenvalue weighted by Crippen LogP contribution is -2.28. The van der Waals surface area contributed by atoms with Crippen LogP contribution in [0.4, 0.5) is 9.52 Å². The maximum atomic E-state index is 13.5. The average Bonchev–Trinajstić information content (AvgIpc) is 3.08.